The van der Waals surface area contributed by atoms with E-state index in [1.807, 2.05) is 18.5 Å². The van der Waals surface area contributed by atoms with Crippen LogP contribution in [0.15, 0.2) is 6.20 Å². The molecule has 0 spiro atoms. The second kappa shape index (κ2) is 4.87. The van der Waals surface area contributed by atoms with Crippen molar-refractivity contribution in [2.24, 2.45) is 5.73 Å². The van der Waals surface area contributed by atoms with Crippen LogP contribution in [0.25, 0.3) is 0 Å². The van der Waals surface area contributed by atoms with Crippen molar-refractivity contribution in [3.05, 3.63) is 17.5 Å². The molecule has 1 rings (SSSR count). The van der Waals surface area contributed by atoms with Crippen LogP contribution in [0.3, 0.4) is 0 Å². The molecular formula is C12H22N4O. The van der Waals surface area contributed by atoms with E-state index in [0.717, 1.165) is 5.69 Å². The molecule has 0 bridgehead atoms. The van der Waals surface area contributed by atoms with Gasteiger partial charge in [-0.1, -0.05) is 0 Å². The molecule has 0 aliphatic heterocycles. The van der Waals surface area contributed by atoms with E-state index in [1.165, 1.54) is 0 Å². The lowest BCUT2D eigenvalue weighted by molar-refractivity contribution is 0.0940. The first kappa shape index (κ1) is 13.7. The van der Waals surface area contributed by atoms with Crippen LogP contribution in [0.2, 0.25) is 0 Å². The first-order valence-electron chi connectivity index (χ1n) is 5.83. The van der Waals surface area contributed by atoms with Crippen molar-refractivity contribution in [2.45, 2.75) is 46.2 Å². The van der Waals surface area contributed by atoms with Gasteiger partial charge in [0.1, 0.15) is 0 Å². The van der Waals surface area contributed by atoms with Crippen molar-refractivity contribution in [3.8, 4) is 0 Å². The molecule has 0 saturated carbocycles. The van der Waals surface area contributed by atoms with E-state index in [9.17, 15) is 4.79 Å². The Kier molecular flexibility index (Phi) is 3.93. The lowest BCUT2D eigenvalue weighted by Crippen LogP contribution is -2.38. The van der Waals surface area contributed by atoms with Crippen LogP contribution < -0.4 is 11.1 Å². The van der Waals surface area contributed by atoms with E-state index in [-0.39, 0.29) is 17.5 Å². The number of nitrogens with zero attached hydrogens (tertiary/aromatic N) is 2. The van der Waals surface area contributed by atoms with Crippen molar-refractivity contribution in [3.63, 3.8) is 0 Å². The number of rotatable bonds is 3. The largest absolute Gasteiger partial charge is 0.348 e. The first-order chi connectivity index (χ1) is 7.77. The molecule has 96 valence electrons. The number of nitrogens with one attached hydrogen (secondary N) is 1. The van der Waals surface area contributed by atoms with Crippen LogP contribution in [0, 0.1) is 6.92 Å². The number of hydrogen-bond acceptors (Lipinski definition) is 3. The van der Waals surface area contributed by atoms with Crippen LogP contribution in [0.1, 0.15) is 43.7 Å². The molecule has 1 amide bonds. The Balaban J connectivity index is 2.94. The maximum Gasteiger partial charge on any atom is 0.254 e. The molecule has 0 saturated heterocycles. The van der Waals surface area contributed by atoms with Gasteiger partial charge >= 0.3 is 0 Å². The molecule has 0 aliphatic carbocycles. The molecule has 1 aromatic heterocycles. The number of carbonyl (C=O) groups is 1. The van der Waals surface area contributed by atoms with Gasteiger partial charge < -0.3 is 11.1 Å². The van der Waals surface area contributed by atoms with Crippen molar-refractivity contribution >= 4 is 5.91 Å². The molecule has 0 aliphatic rings. The minimum absolute atomic E-state index is 0.0279. The average molecular weight is 238 g/mol. The highest BCUT2D eigenvalue weighted by Gasteiger charge is 2.21. The van der Waals surface area contributed by atoms with Gasteiger partial charge in [0.15, 0.2) is 0 Å². The number of amides is 1. The highest BCUT2D eigenvalue weighted by atomic mass is 16.1. The molecule has 17 heavy (non-hydrogen) atoms. The Bertz CT molecular complexity index is 403. The summed E-state index contributed by atoms with van der Waals surface area (Å²) in [4.78, 5) is 12.0. The van der Waals surface area contributed by atoms with Crippen LogP contribution >= 0.6 is 0 Å². The van der Waals surface area contributed by atoms with Gasteiger partial charge in [-0.2, -0.15) is 5.10 Å². The SMILES string of the molecule is Cc1c(C(=O)N[C@@H](C)CN)cnn1C(C)(C)C. The van der Waals surface area contributed by atoms with Crippen molar-refractivity contribution in [1.29, 1.82) is 0 Å². The molecule has 1 aromatic rings. The van der Waals surface area contributed by atoms with E-state index in [2.05, 4.69) is 31.2 Å². The Morgan fingerprint density at radius 3 is 2.59 bits per heavy atom. The third-order valence-corrected chi connectivity index (χ3v) is 2.62. The fourth-order valence-corrected chi connectivity index (χ4v) is 1.67. The minimum Gasteiger partial charge on any atom is -0.348 e. The average Bonchev–Trinajstić information content (AvgIpc) is 2.59. The Morgan fingerprint density at radius 2 is 2.18 bits per heavy atom. The number of carbonyl (C=O) groups excluding carboxylic acids is 1. The molecule has 1 heterocycles. The zero-order chi connectivity index (χ0) is 13.2. The van der Waals surface area contributed by atoms with Gasteiger partial charge in [0.25, 0.3) is 5.91 Å². The maximum atomic E-state index is 12.0. The van der Waals surface area contributed by atoms with Gasteiger partial charge in [0.2, 0.25) is 0 Å². The van der Waals surface area contributed by atoms with Gasteiger partial charge in [-0.25, -0.2) is 0 Å². The molecule has 3 N–H and O–H groups in total. The van der Waals surface area contributed by atoms with Crippen LogP contribution in [0.5, 0.6) is 0 Å². The molecule has 5 heteroatoms. The highest BCUT2D eigenvalue weighted by molar-refractivity contribution is 5.95. The fraction of sp³-hybridized carbons (Fsp3) is 0.667. The predicted molar refractivity (Wildman–Crippen MR) is 67.9 cm³/mol. The van der Waals surface area contributed by atoms with Gasteiger partial charge in [-0.3, -0.25) is 9.48 Å². The summed E-state index contributed by atoms with van der Waals surface area (Å²) >= 11 is 0. The predicted octanol–water partition coefficient (Wildman–Crippen LogP) is 1.02. The summed E-state index contributed by atoms with van der Waals surface area (Å²) < 4.78 is 1.86. The quantitative estimate of drug-likeness (QED) is 0.826. The topological polar surface area (TPSA) is 72.9 Å². The van der Waals surface area contributed by atoms with E-state index in [0.29, 0.717) is 12.1 Å². The summed E-state index contributed by atoms with van der Waals surface area (Å²) in [5.74, 6) is -0.115. The lowest BCUT2D eigenvalue weighted by Gasteiger charge is -2.21. The highest BCUT2D eigenvalue weighted by Crippen LogP contribution is 2.18. The second-order valence-electron chi connectivity index (χ2n) is 5.34. The van der Waals surface area contributed by atoms with E-state index in [4.69, 9.17) is 5.73 Å². The Morgan fingerprint density at radius 1 is 1.59 bits per heavy atom. The number of hydrogen-bond donors (Lipinski definition) is 2. The summed E-state index contributed by atoms with van der Waals surface area (Å²) in [6, 6.07) is -0.0279. The van der Waals surface area contributed by atoms with Crippen molar-refractivity contribution < 1.29 is 4.79 Å². The zero-order valence-electron chi connectivity index (χ0n) is 11.2. The fourth-order valence-electron chi connectivity index (χ4n) is 1.67. The summed E-state index contributed by atoms with van der Waals surface area (Å²) in [5.41, 5.74) is 6.84. The standard InChI is InChI=1S/C12H22N4O/c1-8(6-13)15-11(17)10-7-14-16(9(10)2)12(3,4)5/h7-8H,6,13H2,1-5H3,(H,15,17)/t8-/m0/s1. The summed E-state index contributed by atoms with van der Waals surface area (Å²) in [7, 11) is 0. The Hall–Kier alpha value is -1.36. The van der Waals surface area contributed by atoms with Crippen molar-refractivity contribution in [1.82, 2.24) is 15.1 Å². The van der Waals surface area contributed by atoms with Gasteiger partial charge in [0.05, 0.1) is 17.3 Å². The van der Waals surface area contributed by atoms with Gasteiger partial charge in [-0.05, 0) is 34.6 Å². The van der Waals surface area contributed by atoms with E-state index in [1.54, 1.807) is 6.20 Å². The third kappa shape index (κ3) is 3.06. The summed E-state index contributed by atoms with van der Waals surface area (Å²) in [5, 5.41) is 7.10. The van der Waals surface area contributed by atoms with Crippen LogP contribution in [-0.4, -0.2) is 28.3 Å². The van der Waals surface area contributed by atoms with Gasteiger partial charge in [0, 0.05) is 18.3 Å². The Labute approximate surface area is 102 Å². The summed E-state index contributed by atoms with van der Waals surface area (Å²) in [6.07, 6.45) is 1.61. The van der Waals surface area contributed by atoms with Gasteiger partial charge in [-0.15, -0.1) is 0 Å². The van der Waals surface area contributed by atoms with Crippen LogP contribution in [-0.2, 0) is 5.54 Å². The van der Waals surface area contributed by atoms with E-state index >= 15 is 0 Å². The first-order valence-corrected chi connectivity index (χ1v) is 5.83. The summed E-state index contributed by atoms with van der Waals surface area (Å²) in [6.45, 7) is 10.4. The normalized spacial score (nSPS) is 13.5. The number of nitrogens with two attached hydrogens (primary N) is 1. The molecule has 0 unspecified atom stereocenters. The van der Waals surface area contributed by atoms with E-state index < -0.39 is 0 Å². The molecule has 1 atom stereocenters. The lowest BCUT2D eigenvalue weighted by atomic mass is 10.1. The smallest absolute Gasteiger partial charge is 0.254 e. The minimum atomic E-state index is -0.123. The molecular weight excluding hydrogens is 216 g/mol. The maximum absolute atomic E-state index is 12.0. The molecule has 0 aromatic carbocycles. The molecule has 5 nitrogen and oxygen atoms in total. The number of aromatic nitrogens is 2. The van der Waals surface area contributed by atoms with Crippen molar-refractivity contribution in [2.75, 3.05) is 6.54 Å². The molecule has 0 radical (unpaired) electrons. The zero-order valence-corrected chi connectivity index (χ0v) is 11.2. The molecule has 0 fully saturated rings. The monoisotopic (exact) mass is 238 g/mol. The van der Waals surface area contributed by atoms with Crippen LogP contribution in [0.4, 0.5) is 0 Å². The second-order valence-corrected chi connectivity index (χ2v) is 5.34. The third-order valence-electron chi connectivity index (χ3n) is 2.62.